The zero-order valence-electron chi connectivity index (χ0n) is 12.8. The third-order valence-electron chi connectivity index (χ3n) is 3.41. The van der Waals surface area contributed by atoms with Crippen molar-refractivity contribution in [1.82, 2.24) is 9.80 Å². The Bertz CT molecular complexity index is 293. The van der Waals surface area contributed by atoms with Gasteiger partial charge in [-0.2, -0.15) is 0 Å². The molecule has 0 fully saturated rings. The lowest BCUT2D eigenvalue weighted by Crippen LogP contribution is -2.36. The first-order valence-corrected chi connectivity index (χ1v) is 7.29. The van der Waals surface area contributed by atoms with Crippen LogP contribution in [0.5, 0.6) is 0 Å². The van der Waals surface area contributed by atoms with Crippen molar-refractivity contribution in [2.24, 2.45) is 5.92 Å². The SMILES string of the molecule is CCN(CC)CCCCN(CC(=O)O)CC(C)C(=O)O. The summed E-state index contributed by atoms with van der Waals surface area (Å²) in [5.74, 6) is -2.34. The van der Waals surface area contributed by atoms with Crippen molar-refractivity contribution >= 4 is 11.9 Å². The molecule has 0 heterocycles. The van der Waals surface area contributed by atoms with Gasteiger partial charge in [0, 0.05) is 6.54 Å². The second-order valence-corrected chi connectivity index (χ2v) is 5.10. The number of unbranched alkanes of at least 4 members (excludes halogenated alkanes) is 1. The highest BCUT2D eigenvalue weighted by atomic mass is 16.4. The Labute approximate surface area is 121 Å². The van der Waals surface area contributed by atoms with Gasteiger partial charge in [0.1, 0.15) is 0 Å². The Kier molecular flexibility index (Phi) is 10.0. The van der Waals surface area contributed by atoms with Gasteiger partial charge in [0.2, 0.25) is 0 Å². The van der Waals surface area contributed by atoms with Crippen molar-refractivity contribution in [1.29, 1.82) is 0 Å². The fourth-order valence-corrected chi connectivity index (χ4v) is 2.10. The molecule has 0 amide bonds. The number of hydrogen-bond donors (Lipinski definition) is 2. The zero-order valence-corrected chi connectivity index (χ0v) is 12.8. The maximum absolute atomic E-state index is 10.8. The van der Waals surface area contributed by atoms with E-state index >= 15 is 0 Å². The summed E-state index contributed by atoms with van der Waals surface area (Å²) in [4.78, 5) is 25.7. The Morgan fingerprint density at radius 1 is 1.00 bits per heavy atom. The van der Waals surface area contributed by atoms with Crippen LogP contribution < -0.4 is 0 Å². The summed E-state index contributed by atoms with van der Waals surface area (Å²) < 4.78 is 0. The van der Waals surface area contributed by atoms with Gasteiger partial charge in [-0.05, 0) is 39.0 Å². The molecule has 0 rings (SSSR count). The molecule has 118 valence electrons. The third-order valence-corrected chi connectivity index (χ3v) is 3.41. The maximum atomic E-state index is 10.8. The van der Waals surface area contributed by atoms with Gasteiger partial charge in [0.15, 0.2) is 0 Å². The fourth-order valence-electron chi connectivity index (χ4n) is 2.10. The predicted molar refractivity (Wildman–Crippen MR) is 77.9 cm³/mol. The minimum absolute atomic E-state index is 0.0944. The molecule has 0 aromatic heterocycles. The summed E-state index contributed by atoms with van der Waals surface area (Å²) in [5.41, 5.74) is 0. The highest BCUT2D eigenvalue weighted by Crippen LogP contribution is 2.04. The van der Waals surface area contributed by atoms with E-state index in [1.807, 2.05) is 0 Å². The molecule has 1 atom stereocenters. The second kappa shape index (κ2) is 10.6. The molecule has 0 aliphatic carbocycles. The molecule has 1 unspecified atom stereocenters. The van der Waals surface area contributed by atoms with E-state index in [0.29, 0.717) is 6.54 Å². The van der Waals surface area contributed by atoms with E-state index in [-0.39, 0.29) is 13.1 Å². The molecule has 6 heteroatoms. The zero-order chi connectivity index (χ0) is 15.5. The van der Waals surface area contributed by atoms with Gasteiger partial charge >= 0.3 is 11.9 Å². The molecule has 0 aromatic rings. The van der Waals surface area contributed by atoms with Crippen molar-refractivity contribution in [3.05, 3.63) is 0 Å². The highest BCUT2D eigenvalue weighted by molar-refractivity contribution is 5.71. The average molecular weight is 288 g/mol. The lowest BCUT2D eigenvalue weighted by Gasteiger charge is -2.23. The average Bonchev–Trinajstić information content (AvgIpc) is 2.37. The molecule has 0 aliphatic heterocycles. The molecule has 0 saturated carbocycles. The van der Waals surface area contributed by atoms with Gasteiger partial charge in [0.25, 0.3) is 0 Å². The second-order valence-electron chi connectivity index (χ2n) is 5.10. The molecule has 0 aromatic carbocycles. The number of aliphatic carboxylic acids is 2. The van der Waals surface area contributed by atoms with Crippen molar-refractivity contribution in [2.75, 3.05) is 39.3 Å². The molecular weight excluding hydrogens is 260 g/mol. The predicted octanol–water partition coefficient (Wildman–Crippen LogP) is 1.22. The van der Waals surface area contributed by atoms with Crippen LogP contribution in [0, 0.1) is 5.92 Å². The number of nitrogens with zero attached hydrogens (tertiary/aromatic N) is 2. The molecule has 0 radical (unpaired) electrons. The summed E-state index contributed by atoms with van der Waals surface area (Å²) >= 11 is 0. The van der Waals surface area contributed by atoms with Crippen LogP contribution in [-0.4, -0.2) is 71.2 Å². The van der Waals surface area contributed by atoms with Crippen LogP contribution in [0.25, 0.3) is 0 Å². The van der Waals surface area contributed by atoms with Gasteiger partial charge in [-0.25, -0.2) is 0 Å². The van der Waals surface area contributed by atoms with Crippen LogP contribution in [0.15, 0.2) is 0 Å². The first-order valence-electron chi connectivity index (χ1n) is 7.29. The molecular formula is C14H28N2O4. The van der Waals surface area contributed by atoms with Crippen LogP contribution in [0.4, 0.5) is 0 Å². The number of hydrogen-bond acceptors (Lipinski definition) is 4. The quantitative estimate of drug-likeness (QED) is 0.525. The number of carboxylic acid groups (broad SMARTS) is 2. The van der Waals surface area contributed by atoms with Gasteiger partial charge < -0.3 is 15.1 Å². The lowest BCUT2D eigenvalue weighted by atomic mass is 10.1. The van der Waals surface area contributed by atoms with E-state index in [4.69, 9.17) is 10.2 Å². The fraction of sp³-hybridized carbons (Fsp3) is 0.857. The molecule has 0 bridgehead atoms. The largest absolute Gasteiger partial charge is 0.481 e. The summed E-state index contributed by atoms with van der Waals surface area (Å²) in [6, 6.07) is 0. The monoisotopic (exact) mass is 288 g/mol. The van der Waals surface area contributed by atoms with E-state index in [0.717, 1.165) is 32.5 Å². The van der Waals surface area contributed by atoms with Crippen molar-refractivity contribution < 1.29 is 19.8 Å². The smallest absolute Gasteiger partial charge is 0.317 e. The Balaban J connectivity index is 4.10. The standard InChI is InChI=1S/C14H28N2O4/c1-4-15(5-2)8-6-7-9-16(11-13(17)18)10-12(3)14(19)20/h12H,4-11H2,1-3H3,(H,17,18)(H,19,20). The third kappa shape index (κ3) is 8.87. The van der Waals surface area contributed by atoms with Gasteiger partial charge in [-0.3, -0.25) is 14.5 Å². The normalized spacial score (nSPS) is 12.8. The van der Waals surface area contributed by atoms with Gasteiger partial charge in [-0.1, -0.05) is 20.8 Å². The first kappa shape index (κ1) is 18.9. The Morgan fingerprint density at radius 2 is 1.50 bits per heavy atom. The summed E-state index contributed by atoms with van der Waals surface area (Å²) in [7, 11) is 0. The summed E-state index contributed by atoms with van der Waals surface area (Å²) in [6.07, 6.45) is 1.88. The van der Waals surface area contributed by atoms with Crippen molar-refractivity contribution in [3.63, 3.8) is 0 Å². The maximum Gasteiger partial charge on any atom is 0.317 e. The van der Waals surface area contributed by atoms with Crippen LogP contribution in [0.1, 0.15) is 33.6 Å². The van der Waals surface area contributed by atoms with Crippen LogP contribution in [0.2, 0.25) is 0 Å². The molecule has 0 spiro atoms. The molecule has 2 N–H and O–H groups in total. The summed E-state index contributed by atoms with van der Waals surface area (Å²) in [6.45, 7) is 9.71. The highest BCUT2D eigenvalue weighted by Gasteiger charge is 2.17. The number of carbonyl (C=O) groups is 2. The van der Waals surface area contributed by atoms with Crippen molar-refractivity contribution in [2.45, 2.75) is 33.6 Å². The van der Waals surface area contributed by atoms with Gasteiger partial charge in [-0.15, -0.1) is 0 Å². The minimum atomic E-state index is -0.911. The topological polar surface area (TPSA) is 81.1 Å². The lowest BCUT2D eigenvalue weighted by molar-refractivity contribution is -0.144. The van der Waals surface area contributed by atoms with Crippen LogP contribution in [0.3, 0.4) is 0 Å². The Morgan fingerprint density at radius 3 is 1.90 bits per heavy atom. The first-order chi connectivity index (χ1) is 9.40. The molecule has 0 saturated heterocycles. The van der Waals surface area contributed by atoms with Crippen molar-refractivity contribution in [3.8, 4) is 0 Å². The van der Waals surface area contributed by atoms with Crippen LogP contribution >= 0.6 is 0 Å². The minimum Gasteiger partial charge on any atom is -0.481 e. The van der Waals surface area contributed by atoms with E-state index in [1.165, 1.54) is 0 Å². The van der Waals surface area contributed by atoms with Crippen LogP contribution in [-0.2, 0) is 9.59 Å². The Hall–Kier alpha value is -1.14. The summed E-state index contributed by atoms with van der Waals surface area (Å²) in [5, 5.41) is 17.8. The van der Waals surface area contributed by atoms with Gasteiger partial charge in [0.05, 0.1) is 12.5 Å². The molecule has 20 heavy (non-hydrogen) atoms. The van der Waals surface area contributed by atoms with E-state index in [1.54, 1.807) is 11.8 Å². The number of carboxylic acids is 2. The molecule has 6 nitrogen and oxygen atoms in total. The van der Waals surface area contributed by atoms with E-state index in [2.05, 4.69) is 18.7 Å². The van der Waals surface area contributed by atoms with E-state index in [9.17, 15) is 9.59 Å². The van der Waals surface area contributed by atoms with E-state index < -0.39 is 17.9 Å². The number of rotatable bonds is 12. The molecule has 0 aliphatic rings.